The molecule has 0 fully saturated rings. The molecule has 0 saturated carbocycles. The number of nitro benzene ring substituents is 1. The molecule has 0 aliphatic carbocycles. The van der Waals surface area contributed by atoms with Gasteiger partial charge < -0.3 is 5.73 Å². The number of nitrogens with two attached hydrogens (primary N) is 1. The van der Waals surface area contributed by atoms with Crippen LogP contribution in [0.25, 0.3) is 0 Å². The third-order valence-electron chi connectivity index (χ3n) is 2.03. The predicted molar refractivity (Wildman–Crippen MR) is 52.3 cm³/mol. The van der Waals surface area contributed by atoms with Gasteiger partial charge in [-0.2, -0.15) is 0 Å². The highest BCUT2D eigenvalue weighted by molar-refractivity contribution is 5.99. The molecule has 1 rings (SSSR count). The van der Waals surface area contributed by atoms with Gasteiger partial charge in [0.15, 0.2) is 5.78 Å². The first-order valence-corrected chi connectivity index (χ1v) is 3.99. The summed E-state index contributed by atoms with van der Waals surface area (Å²) in [4.78, 5) is 21.2. The Morgan fingerprint density at radius 1 is 1.50 bits per heavy atom. The quantitative estimate of drug-likeness (QED) is 0.336. The van der Waals surface area contributed by atoms with Crippen LogP contribution >= 0.6 is 0 Å². The lowest BCUT2D eigenvalue weighted by Crippen LogP contribution is -2.04. The summed E-state index contributed by atoms with van der Waals surface area (Å²) in [6, 6.07) is 2.88. The van der Waals surface area contributed by atoms with E-state index in [1.165, 1.54) is 26.0 Å². The van der Waals surface area contributed by atoms with Crippen LogP contribution in [0.1, 0.15) is 22.8 Å². The largest absolute Gasteiger partial charge is 0.398 e. The first kappa shape index (κ1) is 10.2. The second-order valence-corrected chi connectivity index (χ2v) is 2.99. The van der Waals surface area contributed by atoms with Gasteiger partial charge in [-0.15, -0.1) is 0 Å². The summed E-state index contributed by atoms with van der Waals surface area (Å²) in [5.74, 6) is -0.334. The average Bonchev–Trinajstić information content (AvgIpc) is 2.08. The molecule has 0 saturated heterocycles. The Hall–Kier alpha value is -1.91. The Balaban J connectivity index is 3.53. The van der Waals surface area contributed by atoms with Crippen LogP contribution in [0.3, 0.4) is 0 Å². The van der Waals surface area contributed by atoms with Crippen LogP contribution in [0.5, 0.6) is 0 Å². The molecule has 0 heterocycles. The van der Waals surface area contributed by atoms with Gasteiger partial charge >= 0.3 is 0 Å². The summed E-state index contributed by atoms with van der Waals surface area (Å²) in [6.45, 7) is 2.82. The lowest BCUT2D eigenvalue weighted by atomic mass is 10.0. The van der Waals surface area contributed by atoms with E-state index in [2.05, 4.69) is 0 Å². The number of rotatable bonds is 2. The molecule has 1 aromatic rings. The van der Waals surface area contributed by atoms with E-state index in [9.17, 15) is 14.9 Å². The molecule has 0 amide bonds. The van der Waals surface area contributed by atoms with Gasteiger partial charge in [0.2, 0.25) is 0 Å². The minimum Gasteiger partial charge on any atom is -0.398 e. The SMILES string of the molecule is CC(=O)c1ccc(N)c(C)c1[N+](=O)[O-]. The van der Waals surface area contributed by atoms with Crippen molar-refractivity contribution >= 4 is 17.2 Å². The highest BCUT2D eigenvalue weighted by Crippen LogP contribution is 2.27. The molecule has 2 N–H and O–H groups in total. The monoisotopic (exact) mass is 194 g/mol. The fraction of sp³-hybridized carbons (Fsp3) is 0.222. The Bertz CT molecular complexity index is 413. The fourth-order valence-corrected chi connectivity index (χ4v) is 1.24. The Morgan fingerprint density at radius 3 is 2.50 bits per heavy atom. The third-order valence-corrected chi connectivity index (χ3v) is 2.03. The predicted octanol–water partition coefficient (Wildman–Crippen LogP) is 1.69. The molecule has 74 valence electrons. The van der Waals surface area contributed by atoms with Gasteiger partial charge in [0, 0.05) is 5.69 Å². The number of ketones is 1. The normalized spacial score (nSPS) is 9.86. The maximum Gasteiger partial charge on any atom is 0.285 e. The lowest BCUT2D eigenvalue weighted by Gasteiger charge is -2.04. The second kappa shape index (κ2) is 3.45. The first-order chi connectivity index (χ1) is 6.45. The van der Waals surface area contributed by atoms with Crippen molar-refractivity contribution in [1.82, 2.24) is 0 Å². The summed E-state index contributed by atoms with van der Waals surface area (Å²) in [5, 5.41) is 10.7. The molecular weight excluding hydrogens is 184 g/mol. The number of benzene rings is 1. The van der Waals surface area contributed by atoms with Crippen molar-refractivity contribution in [3.63, 3.8) is 0 Å². The zero-order valence-corrected chi connectivity index (χ0v) is 7.90. The van der Waals surface area contributed by atoms with Crippen molar-refractivity contribution in [1.29, 1.82) is 0 Å². The molecule has 0 aromatic heterocycles. The Labute approximate surface area is 80.7 Å². The van der Waals surface area contributed by atoms with Gasteiger partial charge in [-0.3, -0.25) is 14.9 Å². The number of nitrogen functional groups attached to an aromatic ring is 1. The van der Waals surface area contributed by atoms with Gasteiger partial charge in [-0.1, -0.05) is 0 Å². The van der Waals surface area contributed by atoms with E-state index in [0.29, 0.717) is 11.3 Å². The number of nitro groups is 1. The number of hydrogen-bond donors (Lipinski definition) is 1. The highest BCUT2D eigenvalue weighted by Gasteiger charge is 2.21. The average molecular weight is 194 g/mol. The molecule has 1 aromatic carbocycles. The van der Waals surface area contributed by atoms with E-state index >= 15 is 0 Å². The highest BCUT2D eigenvalue weighted by atomic mass is 16.6. The molecule has 0 spiro atoms. The zero-order valence-electron chi connectivity index (χ0n) is 7.90. The van der Waals surface area contributed by atoms with Gasteiger partial charge in [-0.05, 0) is 26.0 Å². The third kappa shape index (κ3) is 1.56. The van der Waals surface area contributed by atoms with E-state index in [1.807, 2.05) is 0 Å². The smallest absolute Gasteiger partial charge is 0.285 e. The number of Topliss-reactive ketones (excluding diaryl/α,β-unsaturated/α-hetero) is 1. The van der Waals surface area contributed by atoms with Crippen LogP contribution in [0.4, 0.5) is 11.4 Å². The summed E-state index contributed by atoms with van der Waals surface area (Å²) < 4.78 is 0. The molecule has 14 heavy (non-hydrogen) atoms. The molecule has 0 bridgehead atoms. The first-order valence-electron chi connectivity index (χ1n) is 3.99. The minimum atomic E-state index is -0.581. The van der Waals surface area contributed by atoms with E-state index in [1.54, 1.807) is 0 Å². The molecule has 0 unspecified atom stereocenters. The van der Waals surface area contributed by atoms with Gasteiger partial charge in [0.1, 0.15) is 0 Å². The van der Waals surface area contributed by atoms with Crippen molar-refractivity contribution in [2.24, 2.45) is 0 Å². The lowest BCUT2D eigenvalue weighted by molar-refractivity contribution is -0.385. The van der Waals surface area contributed by atoms with Crippen LogP contribution < -0.4 is 5.73 Å². The number of nitrogens with zero attached hydrogens (tertiary/aromatic N) is 1. The number of carbonyl (C=O) groups is 1. The molecule has 0 atom stereocenters. The van der Waals surface area contributed by atoms with Gasteiger partial charge in [0.25, 0.3) is 5.69 Å². The van der Waals surface area contributed by atoms with Gasteiger partial charge in [0.05, 0.1) is 16.1 Å². The van der Waals surface area contributed by atoms with E-state index in [0.717, 1.165) is 0 Å². The van der Waals surface area contributed by atoms with Crippen LogP contribution in [-0.2, 0) is 0 Å². The van der Waals surface area contributed by atoms with Crippen molar-refractivity contribution in [2.75, 3.05) is 5.73 Å². The van der Waals surface area contributed by atoms with Crippen molar-refractivity contribution in [2.45, 2.75) is 13.8 Å². The van der Waals surface area contributed by atoms with Crippen molar-refractivity contribution < 1.29 is 9.72 Å². The molecule has 5 nitrogen and oxygen atoms in total. The molecular formula is C9H10N2O3. The number of hydrogen-bond acceptors (Lipinski definition) is 4. The topological polar surface area (TPSA) is 86.2 Å². The summed E-state index contributed by atoms with van der Waals surface area (Å²) >= 11 is 0. The molecule has 0 radical (unpaired) electrons. The summed E-state index contributed by atoms with van der Waals surface area (Å²) in [5.41, 5.74) is 6.07. The second-order valence-electron chi connectivity index (χ2n) is 2.99. The summed E-state index contributed by atoms with van der Waals surface area (Å²) in [7, 11) is 0. The zero-order chi connectivity index (χ0) is 10.9. The molecule has 0 aliphatic heterocycles. The Morgan fingerprint density at radius 2 is 2.07 bits per heavy atom. The fourth-order valence-electron chi connectivity index (χ4n) is 1.24. The number of anilines is 1. The minimum absolute atomic E-state index is 0.0988. The summed E-state index contributed by atoms with van der Waals surface area (Å²) in [6.07, 6.45) is 0. The van der Waals surface area contributed by atoms with E-state index < -0.39 is 4.92 Å². The van der Waals surface area contributed by atoms with Crippen LogP contribution in [0.2, 0.25) is 0 Å². The van der Waals surface area contributed by atoms with Crippen molar-refractivity contribution in [3.05, 3.63) is 33.4 Å². The maximum atomic E-state index is 11.1. The molecule has 5 heteroatoms. The van der Waals surface area contributed by atoms with Crippen molar-refractivity contribution in [3.8, 4) is 0 Å². The maximum absolute atomic E-state index is 11.1. The molecule has 0 aliphatic rings. The van der Waals surface area contributed by atoms with Crippen LogP contribution in [-0.4, -0.2) is 10.7 Å². The standard InChI is InChI=1S/C9H10N2O3/c1-5-8(10)4-3-7(6(2)12)9(5)11(13)14/h3-4H,10H2,1-2H3. The van der Waals surface area contributed by atoms with Gasteiger partial charge in [-0.25, -0.2) is 0 Å². The Kier molecular flexibility index (Phi) is 2.51. The van der Waals surface area contributed by atoms with E-state index in [4.69, 9.17) is 5.73 Å². The van der Waals surface area contributed by atoms with Crippen LogP contribution in [0.15, 0.2) is 12.1 Å². The number of carbonyl (C=O) groups excluding carboxylic acids is 1. The van der Waals surface area contributed by atoms with E-state index in [-0.39, 0.29) is 17.0 Å². The van der Waals surface area contributed by atoms with Crippen LogP contribution in [0, 0.1) is 17.0 Å².